The number of aromatic nitrogens is 4. The number of carbonyl (C=O) groups is 2. The molecule has 2 N–H and O–H groups in total. The molecule has 0 bridgehead atoms. The van der Waals surface area contributed by atoms with Crippen LogP contribution in [-0.4, -0.2) is 37.9 Å². The van der Waals surface area contributed by atoms with E-state index in [4.69, 9.17) is 0 Å². The van der Waals surface area contributed by atoms with E-state index in [-0.39, 0.29) is 24.2 Å². The van der Waals surface area contributed by atoms with Crippen LogP contribution in [0.2, 0.25) is 0 Å². The molecule has 0 aliphatic rings. The lowest BCUT2D eigenvalue weighted by atomic mass is 10.2. The van der Waals surface area contributed by atoms with E-state index in [2.05, 4.69) is 20.8 Å². The summed E-state index contributed by atoms with van der Waals surface area (Å²) in [4.78, 5) is 24.3. The van der Waals surface area contributed by atoms with Gasteiger partial charge in [-0.25, -0.2) is 4.39 Å². The van der Waals surface area contributed by atoms with Gasteiger partial charge in [0.15, 0.2) is 0 Å². The van der Waals surface area contributed by atoms with Crippen molar-refractivity contribution in [1.82, 2.24) is 24.9 Å². The SMILES string of the molecule is CCn1nc(C)cc1C(=O)NCC(=O)Nc1cnn(Cc2ccc(F)cc2)c1. The zero-order chi connectivity index (χ0) is 20.1. The normalized spacial score (nSPS) is 10.7. The van der Waals surface area contributed by atoms with Gasteiger partial charge in [0.25, 0.3) is 5.91 Å². The molecule has 0 saturated heterocycles. The molecule has 1 aromatic carbocycles. The molecule has 3 aromatic rings. The van der Waals surface area contributed by atoms with Crippen LogP contribution < -0.4 is 10.6 Å². The quantitative estimate of drug-likeness (QED) is 0.651. The summed E-state index contributed by atoms with van der Waals surface area (Å²) in [6.07, 6.45) is 3.18. The molecule has 28 heavy (non-hydrogen) atoms. The number of amides is 2. The molecular weight excluding hydrogens is 363 g/mol. The predicted octanol–water partition coefficient (Wildman–Crippen LogP) is 1.96. The molecule has 0 aliphatic heterocycles. The Kier molecular flexibility index (Phi) is 5.83. The lowest BCUT2D eigenvalue weighted by Gasteiger charge is -2.06. The third-order valence-corrected chi connectivity index (χ3v) is 4.02. The molecule has 0 fully saturated rings. The Morgan fingerprint density at radius 1 is 1.21 bits per heavy atom. The summed E-state index contributed by atoms with van der Waals surface area (Å²) in [7, 11) is 0. The van der Waals surface area contributed by atoms with Crippen molar-refractivity contribution in [2.75, 3.05) is 11.9 Å². The highest BCUT2D eigenvalue weighted by Gasteiger charge is 2.14. The Labute approximate surface area is 161 Å². The summed E-state index contributed by atoms with van der Waals surface area (Å²) >= 11 is 0. The minimum atomic E-state index is -0.367. The van der Waals surface area contributed by atoms with Crippen LogP contribution in [0.3, 0.4) is 0 Å². The molecule has 0 saturated carbocycles. The van der Waals surface area contributed by atoms with E-state index < -0.39 is 0 Å². The molecule has 3 rings (SSSR count). The van der Waals surface area contributed by atoms with Gasteiger partial charge in [-0.3, -0.25) is 19.0 Å². The van der Waals surface area contributed by atoms with E-state index in [1.807, 2.05) is 6.92 Å². The van der Waals surface area contributed by atoms with Gasteiger partial charge in [-0.2, -0.15) is 10.2 Å². The van der Waals surface area contributed by atoms with E-state index in [9.17, 15) is 14.0 Å². The van der Waals surface area contributed by atoms with Crippen molar-refractivity contribution in [2.24, 2.45) is 0 Å². The number of nitrogens with one attached hydrogen (secondary N) is 2. The van der Waals surface area contributed by atoms with E-state index in [0.717, 1.165) is 11.3 Å². The smallest absolute Gasteiger partial charge is 0.269 e. The topological polar surface area (TPSA) is 93.8 Å². The Balaban J connectivity index is 1.51. The number of nitrogens with zero attached hydrogens (tertiary/aromatic N) is 4. The molecular formula is C19H21FN6O2. The second-order valence-corrected chi connectivity index (χ2v) is 6.27. The largest absolute Gasteiger partial charge is 0.342 e. The van der Waals surface area contributed by atoms with Gasteiger partial charge in [-0.1, -0.05) is 12.1 Å². The van der Waals surface area contributed by atoms with Crippen LogP contribution in [-0.2, 0) is 17.9 Å². The van der Waals surface area contributed by atoms with Crippen LogP contribution in [0.25, 0.3) is 0 Å². The number of hydrogen-bond acceptors (Lipinski definition) is 4. The maximum Gasteiger partial charge on any atom is 0.269 e. The van der Waals surface area contributed by atoms with Gasteiger partial charge >= 0.3 is 0 Å². The highest BCUT2D eigenvalue weighted by Crippen LogP contribution is 2.09. The molecule has 2 amide bonds. The van der Waals surface area contributed by atoms with Crippen molar-refractivity contribution in [3.8, 4) is 0 Å². The lowest BCUT2D eigenvalue weighted by molar-refractivity contribution is -0.115. The highest BCUT2D eigenvalue weighted by atomic mass is 19.1. The summed E-state index contributed by atoms with van der Waals surface area (Å²) in [6, 6.07) is 7.80. The van der Waals surface area contributed by atoms with Crippen LogP contribution in [0, 0.1) is 12.7 Å². The number of hydrogen-bond donors (Lipinski definition) is 2. The van der Waals surface area contributed by atoms with Crippen molar-refractivity contribution >= 4 is 17.5 Å². The number of carbonyl (C=O) groups excluding carboxylic acids is 2. The molecule has 2 heterocycles. The summed E-state index contributed by atoms with van der Waals surface area (Å²) in [5.41, 5.74) is 2.55. The third-order valence-electron chi connectivity index (χ3n) is 4.02. The molecule has 2 aromatic heterocycles. The standard InChI is InChI=1S/C19H21FN6O2/c1-3-26-17(8-13(2)24-26)19(28)21-10-18(27)23-16-9-22-25(12-16)11-14-4-6-15(20)7-5-14/h4-9,12H,3,10-11H2,1-2H3,(H,21,28)(H,23,27). The number of aryl methyl sites for hydroxylation is 2. The fourth-order valence-electron chi connectivity index (χ4n) is 2.72. The van der Waals surface area contributed by atoms with Gasteiger partial charge < -0.3 is 10.6 Å². The second-order valence-electron chi connectivity index (χ2n) is 6.27. The fourth-order valence-corrected chi connectivity index (χ4v) is 2.72. The van der Waals surface area contributed by atoms with Crippen LogP contribution in [0.1, 0.15) is 28.7 Å². The molecule has 0 unspecified atom stereocenters. The summed E-state index contributed by atoms with van der Waals surface area (Å²) < 4.78 is 16.2. The molecule has 146 valence electrons. The van der Waals surface area contributed by atoms with Gasteiger partial charge in [0.2, 0.25) is 5.91 Å². The van der Waals surface area contributed by atoms with E-state index >= 15 is 0 Å². The van der Waals surface area contributed by atoms with Gasteiger partial charge in [0.1, 0.15) is 11.5 Å². The summed E-state index contributed by atoms with van der Waals surface area (Å²) in [5.74, 6) is -1.02. The van der Waals surface area contributed by atoms with Crippen molar-refractivity contribution in [2.45, 2.75) is 26.9 Å². The molecule has 0 atom stereocenters. The predicted molar refractivity (Wildman–Crippen MR) is 101 cm³/mol. The van der Waals surface area contributed by atoms with Crippen molar-refractivity contribution < 1.29 is 14.0 Å². The van der Waals surface area contributed by atoms with Gasteiger partial charge in [0.05, 0.1) is 30.7 Å². The minimum Gasteiger partial charge on any atom is -0.342 e. The van der Waals surface area contributed by atoms with Gasteiger partial charge in [-0.15, -0.1) is 0 Å². The molecule has 0 radical (unpaired) electrons. The maximum absolute atomic E-state index is 12.9. The van der Waals surface area contributed by atoms with Gasteiger partial charge in [0, 0.05) is 12.7 Å². The highest BCUT2D eigenvalue weighted by molar-refractivity contribution is 5.98. The van der Waals surface area contributed by atoms with Crippen LogP contribution in [0.15, 0.2) is 42.7 Å². The van der Waals surface area contributed by atoms with Crippen molar-refractivity contribution in [1.29, 1.82) is 0 Å². The number of halogens is 1. The van der Waals surface area contributed by atoms with Crippen molar-refractivity contribution in [3.05, 3.63) is 65.5 Å². The molecule has 0 aliphatic carbocycles. The lowest BCUT2D eigenvalue weighted by Crippen LogP contribution is -2.34. The van der Waals surface area contributed by atoms with Crippen molar-refractivity contribution in [3.63, 3.8) is 0 Å². The second kappa shape index (κ2) is 8.47. The minimum absolute atomic E-state index is 0.171. The van der Waals surface area contributed by atoms with Crippen LogP contribution in [0.5, 0.6) is 0 Å². The first-order chi connectivity index (χ1) is 13.4. The molecule has 9 heteroatoms. The number of rotatable bonds is 7. The number of anilines is 1. The average Bonchev–Trinajstić information content (AvgIpc) is 3.27. The Hall–Kier alpha value is -3.49. The average molecular weight is 384 g/mol. The van der Waals surface area contributed by atoms with Crippen LogP contribution >= 0.6 is 0 Å². The molecule has 8 nitrogen and oxygen atoms in total. The summed E-state index contributed by atoms with van der Waals surface area (Å²) in [6.45, 7) is 4.54. The Morgan fingerprint density at radius 2 is 1.96 bits per heavy atom. The summed E-state index contributed by atoms with van der Waals surface area (Å²) in [5, 5.41) is 13.6. The molecule has 0 spiro atoms. The van der Waals surface area contributed by atoms with E-state index in [1.54, 1.807) is 40.7 Å². The Bertz CT molecular complexity index is 977. The van der Waals surface area contributed by atoms with Gasteiger partial charge in [-0.05, 0) is 37.6 Å². The maximum atomic E-state index is 12.9. The zero-order valence-electron chi connectivity index (χ0n) is 15.6. The van der Waals surface area contributed by atoms with E-state index in [0.29, 0.717) is 24.5 Å². The fraction of sp³-hybridized carbons (Fsp3) is 0.263. The first-order valence-electron chi connectivity index (χ1n) is 8.84. The first kappa shape index (κ1) is 19.3. The van der Waals surface area contributed by atoms with E-state index in [1.165, 1.54) is 18.3 Å². The Morgan fingerprint density at radius 3 is 2.68 bits per heavy atom. The first-order valence-corrected chi connectivity index (χ1v) is 8.84. The zero-order valence-corrected chi connectivity index (χ0v) is 15.6. The number of benzene rings is 1. The third kappa shape index (κ3) is 4.81. The monoisotopic (exact) mass is 384 g/mol. The van der Waals surface area contributed by atoms with Crippen LogP contribution in [0.4, 0.5) is 10.1 Å².